The van der Waals surface area contributed by atoms with Crippen LogP contribution >= 0.6 is 0 Å². The van der Waals surface area contributed by atoms with Gasteiger partial charge in [-0.1, -0.05) is 78.9 Å². The molecule has 1 heterocycles. The second kappa shape index (κ2) is 6.65. The fourth-order valence-corrected chi connectivity index (χ4v) is 2.99. The number of hydrogen-bond donors (Lipinski definition) is 0. The van der Waals surface area contributed by atoms with E-state index >= 15 is 0 Å². The zero-order chi connectivity index (χ0) is 17.1. The van der Waals surface area contributed by atoms with Crippen molar-refractivity contribution < 1.29 is 9.53 Å². The Kier molecular flexibility index (Phi) is 4.05. The van der Waals surface area contributed by atoms with Gasteiger partial charge in [-0.2, -0.15) is 0 Å². The Morgan fingerprint density at radius 1 is 0.800 bits per heavy atom. The third kappa shape index (κ3) is 3.04. The van der Waals surface area contributed by atoms with Crippen molar-refractivity contribution in [2.75, 3.05) is 0 Å². The van der Waals surface area contributed by atoms with E-state index in [2.05, 4.69) is 0 Å². The minimum atomic E-state index is -0.373. The molecule has 0 amide bonds. The number of carbonyl (C=O) groups excluding carboxylic acids is 1. The Hall–Kier alpha value is -3.33. The number of nitrogens with zero attached hydrogens (tertiary/aromatic N) is 1. The first-order chi connectivity index (χ1) is 12.3. The van der Waals surface area contributed by atoms with E-state index in [0.29, 0.717) is 0 Å². The average Bonchev–Trinajstić information content (AvgIpc) is 3.12. The van der Waals surface area contributed by atoms with Gasteiger partial charge in [0.2, 0.25) is 0 Å². The number of benzene rings is 3. The van der Waals surface area contributed by atoms with Crippen molar-refractivity contribution in [2.45, 2.75) is 6.61 Å². The Morgan fingerprint density at radius 3 is 2.28 bits per heavy atom. The van der Waals surface area contributed by atoms with Crippen molar-refractivity contribution in [3.63, 3.8) is 0 Å². The van der Waals surface area contributed by atoms with E-state index in [9.17, 15) is 4.79 Å². The summed E-state index contributed by atoms with van der Waals surface area (Å²) >= 11 is 0. The minimum absolute atomic E-state index is 0.257. The van der Waals surface area contributed by atoms with Gasteiger partial charge in [-0.3, -0.25) is 4.57 Å². The van der Waals surface area contributed by atoms with Crippen LogP contribution in [0.25, 0.3) is 22.0 Å². The summed E-state index contributed by atoms with van der Waals surface area (Å²) in [6.07, 6.45) is 1.40. The molecule has 0 atom stereocenters. The third-order valence-electron chi connectivity index (χ3n) is 4.20. The molecule has 3 heteroatoms. The van der Waals surface area contributed by atoms with Gasteiger partial charge in [0.15, 0.2) is 0 Å². The largest absolute Gasteiger partial charge is 0.444 e. The van der Waals surface area contributed by atoms with Gasteiger partial charge in [0.1, 0.15) is 6.61 Å². The minimum Gasteiger partial charge on any atom is -0.444 e. The van der Waals surface area contributed by atoms with Gasteiger partial charge in [0.25, 0.3) is 0 Å². The molecule has 25 heavy (non-hydrogen) atoms. The van der Waals surface area contributed by atoms with Crippen LogP contribution in [0, 0.1) is 0 Å². The quantitative estimate of drug-likeness (QED) is 0.498. The molecule has 4 rings (SSSR count). The summed E-state index contributed by atoms with van der Waals surface area (Å²) in [7, 11) is 0. The maximum absolute atomic E-state index is 12.6. The molecule has 4 aromatic rings. The van der Waals surface area contributed by atoms with Crippen LogP contribution in [0.3, 0.4) is 0 Å². The van der Waals surface area contributed by atoms with Gasteiger partial charge in [-0.05, 0) is 17.2 Å². The highest BCUT2D eigenvalue weighted by Crippen LogP contribution is 2.29. The van der Waals surface area contributed by atoms with E-state index in [0.717, 1.165) is 27.6 Å². The standard InChI is InChI=1S/C22H17NO2/c24-22(25-16-17-8-3-1-4-9-17)23-15-14-19-12-7-13-20(21(19)23)18-10-5-2-6-11-18/h1-15H,16H2. The second-order valence-corrected chi connectivity index (χ2v) is 5.84. The summed E-state index contributed by atoms with van der Waals surface area (Å²) in [5.41, 5.74) is 3.92. The zero-order valence-electron chi connectivity index (χ0n) is 13.6. The highest BCUT2D eigenvalue weighted by atomic mass is 16.5. The van der Waals surface area contributed by atoms with Gasteiger partial charge in [-0.25, -0.2) is 4.79 Å². The van der Waals surface area contributed by atoms with Crippen LogP contribution in [0.15, 0.2) is 91.1 Å². The molecule has 0 N–H and O–H groups in total. The Morgan fingerprint density at radius 2 is 1.52 bits per heavy atom. The Bertz CT molecular complexity index is 1000. The Labute approximate surface area is 146 Å². The first kappa shape index (κ1) is 15.2. The lowest BCUT2D eigenvalue weighted by Gasteiger charge is -2.10. The van der Waals surface area contributed by atoms with Gasteiger partial charge in [-0.15, -0.1) is 0 Å². The molecule has 0 saturated carbocycles. The van der Waals surface area contributed by atoms with Crippen LogP contribution in [0.1, 0.15) is 5.56 Å². The number of ether oxygens (including phenoxy) is 1. The molecule has 0 unspecified atom stereocenters. The Balaban J connectivity index is 1.69. The molecule has 3 aromatic carbocycles. The topological polar surface area (TPSA) is 31.2 Å². The van der Waals surface area contributed by atoms with E-state index in [4.69, 9.17) is 4.74 Å². The second-order valence-electron chi connectivity index (χ2n) is 5.84. The summed E-state index contributed by atoms with van der Waals surface area (Å²) in [5, 5.41) is 1.01. The van der Waals surface area contributed by atoms with Crippen molar-refractivity contribution in [2.24, 2.45) is 0 Å². The third-order valence-corrected chi connectivity index (χ3v) is 4.20. The average molecular weight is 327 g/mol. The van der Waals surface area contributed by atoms with Crippen molar-refractivity contribution in [3.05, 3.63) is 96.7 Å². The smallest absolute Gasteiger partial charge is 0.418 e. The number of para-hydroxylation sites is 1. The lowest BCUT2D eigenvalue weighted by Crippen LogP contribution is -2.12. The monoisotopic (exact) mass is 327 g/mol. The fourth-order valence-electron chi connectivity index (χ4n) is 2.99. The van der Waals surface area contributed by atoms with E-state index in [1.807, 2.05) is 84.9 Å². The van der Waals surface area contributed by atoms with E-state index in [1.165, 1.54) is 0 Å². The van der Waals surface area contributed by atoms with Crippen LogP contribution < -0.4 is 0 Å². The van der Waals surface area contributed by atoms with E-state index < -0.39 is 0 Å². The van der Waals surface area contributed by atoms with Crippen LogP contribution in [-0.4, -0.2) is 10.7 Å². The first-order valence-electron chi connectivity index (χ1n) is 8.19. The van der Waals surface area contributed by atoms with Gasteiger partial charge in [0, 0.05) is 17.1 Å². The molecule has 0 aliphatic carbocycles. The number of hydrogen-bond acceptors (Lipinski definition) is 2. The lowest BCUT2D eigenvalue weighted by atomic mass is 10.0. The molecule has 0 spiro atoms. The predicted molar refractivity (Wildman–Crippen MR) is 99.4 cm³/mol. The summed E-state index contributed by atoms with van der Waals surface area (Å²) in [5.74, 6) is 0. The van der Waals surface area contributed by atoms with E-state index in [-0.39, 0.29) is 12.7 Å². The first-order valence-corrected chi connectivity index (χ1v) is 8.19. The number of aromatic nitrogens is 1. The normalized spacial score (nSPS) is 10.7. The van der Waals surface area contributed by atoms with Gasteiger partial charge >= 0.3 is 6.09 Å². The lowest BCUT2D eigenvalue weighted by molar-refractivity contribution is 0.142. The molecular formula is C22H17NO2. The number of fused-ring (bicyclic) bond motifs is 1. The number of carbonyl (C=O) groups is 1. The maximum atomic E-state index is 12.6. The molecule has 0 bridgehead atoms. The van der Waals surface area contributed by atoms with Crippen molar-refractivity contribution in [1.29, 1.82) is 0 Å². The molecule has 0 aliphatic heterocycles. The maximum Gasteiger partial charge on any atom is 0.418 e. The molecular weight excluding hydrogens is 310 g/mol. The van der Waals surface area contributed by atoms with Crippen LogP contribution in [0.2, 0.25) is 0 Å². The van der Waals surface area contributed by atoms with Crippen molar-refractivity contribution >= 4 is 17.0 Å². The molecule has 1 aromatic heterocycles. The summed E-state index contributed by atoms with van der Waals surface area (Å²) in [6, 6.07) is 27.7. The number of rotatable bonds is 3. The van der Waals surface area contributed by atoms with Crippen LogP contribution in [0.5, 0.6) is 0 Å². The van der Waals surface area contributed by atoms with Crippen LogP contribution in [-0.2, 0) is 11.3 Å². The summed E-state index contributed by atoms with van der Waals surface area (Å²) < 4.78 is 7.08. The molecule has 0 saturated heterocycles. The van der Waals surface area contributed by atoms with Crippen molar-refractivity contribution in [1.82, 2.24) is 4.57 Å². The molecule has 3 nitrogen and oxygen atoms in total. The molecule has 122 valence electrons. The molecule has 0 radical (unpaired) electrons. The van der Waals surface area contributed by atoms with Gasteiger partial charge in [0.05, 0.1) is 5.52 Å². The van der Waals surface area contributed by atoms with Crippen LogP contribution in [0.4, 0.5) is 4.79 Å². The van der Waals surface area contributed by atoms with Gasteiger partial charge < -0.3 is 4.74 Å². The SMILES string of the molecule is O=C(OCc1ccccc1)n1ccc2cccc(-c3ccccc3)c21. The summed E-state index contributed by atoms with van der Waals surface area (Å²) in [4.78, 5) is 12.6. The van der Waals surface area contributed by atoms with E-state index in [1.54, 1.807) is 10.8 Å². The highest BCUT2D eigenvalue weighted by molar-refractivity contribution is 5.99. The van der Waals surface area contributed by atoms with Crippen molar-refractivity contribution in [3.8, 4) is 11.1 Å². The fraction of sp³-hybridized carbons (Fsp3) is 0.0455. The zero-order valence-corrected chi connectivity index (χ0v) is 13.6. The highest BCUT2D eigenvalue weighted by Gasteiger charge is 2.14. The molecule has 0 fully saturated rings. The summed E-state index contributed by atoms with van der Waals surface area (Å²) in [6.45, 7) is 0.257. The molecule has 0 aliphatic rings. The predicted octanol–water partition coefficient (Wildman–Crippen LogP) is 5.49.